The lowest BCUT2D eigenvalue weighted by Gasteiger charge is -1.86. The van der Waals surface area contributed by atoms with Crippen molar-refractivity contribution in [3.63, 3.8) is 0 Å². The first-order valence-corrected chi connectivity index (χ1v) is 6.40. The Balaban J connectivity index is 2.49. The van der Waals surface area contributed by atoms with E-state index in [2.05, 4.69) is 0 Å². The molecule has 4 heteroatoms. The zero-order valence-electron chi connectivity index (χ0n) is 8.94. The maximum Gasteiger partial charge on any atom is 0.160 e. The molecule has 0 aliphatic carbocycles. The molecule has 2 aromatic rings. The van der Waals surface area contributed by atoms with Crippen LogP contribution in [0.5, 0.6) is 0 Å². The van der Waals surface area contributed by atoms with Crippen molar-refractivity contribution in [2.24, 2.45) is 0 Å². The molecule has 82 valence electrons. The molecule has 2 nitrogen and oxygen atoms in total. The van der Waals surface area contributed by atoms with Gasteiger partial charge >= 0.3 is 0 Å². The first kappa shape index (κ1) is 11.2. The van der Waals surface area contributed by atoms with Gasteiger partial charge in [-0.1, -0.05) is 0 Å². The maximum atomic E-state index is 10.8. The number of aldehydes is 2. The van der Waals surface area contributed by atoms with Gasteiger partial charge in [0.1, 0.15) is 0 Å². The average Bonchev–Trinajstić information content (AvgIpc) is 2.81. The van der Waals surface area contributed by atoms with E-state index in [0.717, 1.165) is 43.2 Å². The summed E-state index contributed by atoms with van der Waals surface area (Å²) in [5.74, 6) is 0. The summed E-state index contributed by atoms with van der Waals surface area (Å²) in [6.07, 6.45) is 1.76. The molecule has 0 radical (unpaired) electrons. The largest absolute Gasteiger partial charge is 0.297 e. The highest BCUT2D eigenvalue weighted by Gasteiger charge is 2.11. The van der Waals surface area contributed by atoms with E-state index in [0.29, 0.717) is 0 Å². The van der Waals surface area contributed by atoms with Gasteiger partial charge < -0.3 is 0 Å². The molecule has 2 aromatic heterocycles. The molecule has 2 heterocycles. The molecule has 2 rings (SSSR count). The summed E-state index contributed by atoms with van der Waals surface area (Å²) >= 11 is 2.94. The molecule has 0 aliphatic heterocycles. The van der Waals surface area contributed by atoms with Crippen LogP contribution in [-0.4, -0.2) is 12.6 Å². The van der Waals surface area contributed by atoms with E-state index < -0.39 is 0 Å². The molecule has 0 aliphatic rings. The Morgan fingerprint density at radius 2 is 1.25 bits per heavy atom. The van der Waals surface area contributed by atoms with Crippen molar-refractivity contribution in [3.05, 3.63) is 33.0 Å². The number of carbonyl (C=O) groups is 2. The standard InChI is InChI=1S/C12H10O2S2/c1-7-3-9(15-11(7)5-13)10-4-8(2)12(6-14)16-10/h3-6H,1-2H3. The Kier molecular flexibility index (Phi) is 3.03. The summed E-state index contributed by atoms with van der Waals surface area (Å²) in [4.78, 5) is 25.1. The van der Waals surface area contributed by atoms with Gasteiger partial charge in [-0.3, -0.25) is 9.59 Å². The molecule has 0 N–H and O–H groups in total. The van der Waals surface area contributed by atoms with E-state index in [1.807, 2.05) is 26.0 Å². The van der Waals surface area contributed by atoms with Crippen molar-refractivity contribution < 1.29 is 9.59 Å². The van der Waals surface area contributed by atoms with Gasteiger partial charge in [-0.15, -0.1) is 22.7 Å². The predicted octanol–water partition coefficient (Wildman–Crippen LogP) is 3.72. The van der Waals surface area contributed by atoms with E-state index in [1.165, 1.54) is 22.7 Å². The molecule has 16 heavy (non-hydrogen) atoms. The SMILES string of the molecule is Cc1cc(-c2cc(C)c(C=O)s2)sc1C=O. The minimum atomic E-state index is 0.758. The third-order valence-corrected chi connectivity index (χ3v) is 4.89. The average molecular weight is 250 g/mol. The summed E-state index contributed by atoms with van der Waals surface area (Å²) in [6, 6.07) is 3.99. The van der Waals surface area contributed by atoms with Crippen LogP contribution in [0, 0.1) is 13.8 Å². The fourth-order valence-electron chi connectivity index (χ4n) is 1.47. The monoisotopic (exact) mass is 250 g/mol. The van der Waals surface area contributed by atoms with Crippen molar-refractivity contribution in [1.29, 1.82) is 0 Å². The predicted molar refractivity (Wildman–Crippen MR) is 67.9 cm³/mol. The summed E-state index contributed by atoms with van der Waals surface area (Å²) < 4.78 is 0. The van der Waals surface area contributed by atoms with E-state index in [4.69, 9.17) is 0 Å². The Morgan fingerprint density at radius 3 is 1.50 bits per heavy atom. The fourth-order valence-corrected chi connectivity index (χ4v) is 3.52. The lowest BCUT2D eigenvalue weighted by molar-refractivity contribution is 0.111. The van der Waals surface area contributed by atoms with Crippen molar-refractivity contribution >= 4 is 35.2 Å². The van der Waals surface area contributed by atoms with E-state index in [1.54, 1.807) is 0 Å². The van der Waals surface area contributed by atoms with Gasteiger partial charge in [-0.25, -0.2) is 0 Å². The lowest BCUT2D eigenvalue weighted by Crippen LogP contribution is -1.72. The second-order valence-corrected chi connectivity index (χ2v) is 5.72. The van der Waals surface area contributed by atoms with Crippen LogP contribution >= 0.6 is 22.7 Å². The Morgan fingerprint density at radius 1 is 0.875 bits per heavy atom. The van der Waals surface area contributed by atoms with Gasteiger partial charge in [-0.2, -0.15) is 0 Å². The van der Waals surface area contributed by atoms with E-state index in [-0.39, 0.29) is 0 Å². The second-order valence-electron chi connectivity index (χ2n) is 3.55. The van der Waals surface area contributed by atoms with Crippen LogP contribution in [0.15, 0.2) is 12.1 Å². The van der Waals surface area contributed by atoms with Crippen LogP contribution in [0.2, 0.25) is 0 Å². The van der Waals surface area contributed by atoms with Crippen LogP contribution in [0.25, 0.3) is 9.75 Å². The zero-order chi connectivity index (χ0) is 11.7. The molecule has 0 unspecified atom stereocenters. The molecule has 0 saturated heterocycles. The minimum Gasteiger partial charge on any atom is -0.297 e. The number of hydrogen-bond donors (Lipinski definition) is 0. The maximum absolute atomic E-state index is 10.8. The molecular weight excluding hydrogens is 240 g/mol. The van der Waals surface area contributed by atoms with Crippen LogP contribution in [0.1, 0.15) is 30.5 Å². The molecule has 0 atom stereocenters. The number of carbonyl (C=O) groups excluding carboxylic acids is 2. The van der Waals surface area contributed by atoms with Crippen molar-refractivity contribution in [2.75, 3.05) is 0 Å². The van der Waals surface area contributed by atoms with Crippen LogP contribution in [0.4, 0.5) is 0 Å². The lowest BCUT2D eigenvalue weighted by atomic mass is 10.2. The Hall–Kier alpha value is -1.26. The van der Waals surface area contributed by atoms with Gasteiger partial charge in [0.15, 0.2) is 12.6 Å². The first-order chi connectivity index (χ1) is 7.65. The van der Waals surface area contributed by atoms with Crippen molar-refractivity contribution in [2.45, 2.75) is 13.8 Å². The quantitative estimate of drug-likeness (QED) is 0.778. The van der Waals surface area contributed by atoms with Gasteiger partial charge in [0.2, 0.25) is 0 Å². The van der Waals surface area contributed by atoms with E-state index >= 15 is 0 Å². The van der Waals surface area contributed by atoms with Crippen LogP contribution in [0.3, 0.4) is 0 Å². The molecule has 0 fully saturated rings. The molecule has 0 aromatic carbocycles. The Labute approximate surface area is 102 Å². The number of hydrogen-bond acceptors (Lipinski definition) is 4. The van der Waals surface area contributed by atoms with Gasteiger partial charge in [0.05, 0.1) is 9.75 Å². The smallest absolute Gasteiger partial charge is 0.160 e. The summed E-state index contributed by atoms with van der Waals surface area (Å²) in [7, 11) is 0. The topological polar surface area (TPSA) is 34.1 Å². The van der Waals surface area contributed by atoms with Crippen LogP contribution in [-0.2, 0) is 0 Å². The fraction of sp³-hybridized carbons (Fsp3) is 0.167. The highest BCUT2D eigenvalue weighted by atomic mass is 32.1. The van der Waals surface area contributed by atoms with Gasteiger partial charge in [-0.05, 0) is 37.1 Å². The molecule has 0 amide bonds. The molecular formula is C12H10O2S2. The number of rotatable bonds is 3. The van der Waals surface area contributed by atoms with Crippen molar-refractivity contribution in [3.8, 4) is 9.75 Å². The molecule has 0 bridgehead atoms. The summed E-state index contributed by atoms with van der Waals surface area (Å²) in [5, 5.41) is 0. The summed E-state index contributed by atoms with van der Waals surface area (Å²) in [5.41, 5.74) is 1.99. The summed E-state index contributed by atoms with van der Waals surface area (Å²) in [6.45, 7) is 3.84. The Bertz CT molecular complexity index is 499. The first-order valence-electron chi connectivity index (χ1n) is 4.77. The highest BCUT2D eigenvalue weighted by Crippen LogP contribution is 2.36. The third-order valence-electron chi connectivity index (χ3n) is 2.37. The molecule has 0 spiro atoms. The minimum absolute atomic E-state index is 0.758. The van der Waals surface area contributed by atoms with E-state index in [9.17, 15) is 9.59 Å². The third kappa shape index (κ3) is 1.86. The van der Waals surface area contributed by atoms with Crippen LogP contribution < -0.4 is 0 Å². The highest BCUT2D eigenvalue weighted by molar-refractivity contribution is 7.23. The van der Waals surface area contributed by atoms with Crippen molar-refractivity contribution in [1.82, 2.24) is 0 Å². The molecule has 0 saturated carbocycles. The number of aryl methyl sites for hydroxylation is 2. The van der Waals surface area contributed by atoms with Gasteiger partial charge in [0, 0.05) is 9.75 Å². The normalized spacial score (nSPS) is 10.4. The van der Waals surface area contributed by atoms with Gasteiger partial charge in [0.25, 0.3) is 0 Å². The zero-order valence-corrected chi connectivity index (χ0v) is 10.6. The number of thiophene rings is 2. The second kappa shape index (κ2) is 4.31.